The number of rotatable bonds is 4. The molecular formula is C22H19N3O4. The normalized spacial score (nSPS) is 17.5. The highest BCUT2D eigenvalue weighted by Crippen LogP contribution is 2.24. The molecule has 0 radical (unpaired) electrons. The van der Waals surface area contributed by atoms with Crippen LogP contribution in [-0.4, -0.2) is 30.2 Å². The molecule has 2 aromatic carbocycles. The Morgan fingerprint density at radius 2 is 1.83 bits per heavy atom. The molecule has 7 nitrogen and oxygen atoms in total. The third-order valence-corrected chi connectivity index (χ3v) is 4.65. The van der Waals surface area contributed by atoms with Crippen LogP contribution in [0, 0.1) is 0 Å². The Hall–Kier alpha value is -3.74. The monoisotopic (exact) mass is 389 g/mol. The Labute approximate surface area is 167 Å². The van der Waals surface area contributed by atoms with E-state index >= 15 is 0 Å². The fourth-order valence-electron chi connectivity index (χ4n) is 3.26. The van der Waals surface area contributed by atoms with Gasteiger partial charge >= 0.3 is 5.97 Å². The van der Waals surface area contributed by atoms with Crippen molar-refractivity contribution < 1.29 is 19.1 Å². The fraction of sp³-hybridized carbons (Fsp3) is 0.182. The number of ether oxygens (including phenoxy) is 1. The molecule has 0 aromatic heterocycles. The molecule has 2 aromatic rings. The first-order chi connectivity index (χ1) is 14.0. The molecule has 2 aliphatic rings. The van der Waals surface area contributed by atoms with Crippen molar-refractivity contribution in [3.63, 3.8) is 0 Å². The third kappa shape index (κ3) is 4.08. The van der Waals surface area contributed by atoms with Crippen LogP contribution in [0.3, 0.4) is 0 Å². The molecule has 2 aliphatic heterocycles. The minimum atomic E-state index is -0.523. The first kappa shape index (κ1) is 18.6. The second-order valence-corrected chi connectivity index (χ2v) is 6.84. The van der Waals surface area contributed by atoms with E-state index in [2.05, 4.69) is 10.3 Å². The number of anilines is 2. The van der Waals surface area contributed by atoms with Crippen LogP contribution in [-0.2, 0) is 19.1 Å². The van der Waals surface area contributed by atoms with Crippen LogP contribution in [0.5, 0.6) is 0 Å². The molecule has 0 unspecified atom stereocenters. The average Bonchev–Trinajstić information content (AvgIpc) is 3.29. The number of esters is 1. The number of benzene rings is 2. The molecule has 4 rings (SSSR count). The van der Waals surface area contributed by atoms with Crippen LogP contribution in [0.1, 0.15) is 30.9 Å². The predicted molar refractivity (Wildman–Crippen MR) is 109 cm³/mol. The number of hydrogen-bond donors (Lipinski definition) is 1. The summed E-state index contributed by atoms with van der Waals surface area (Å²) in [6.45, 7) is 2.16. The summed E-state index contributed by atoms with van der Waals surface area (Å²) in [6, 6.07) is 14.3. The number of carbonyl (C=O) groups is 3. The van der Waals surface area contributed by atoms with Gasteiger partial charge in [0.05, 0.1) is 0 Å². The Bertz CT molecular complexity index is 1040. The molecule has 29 heavy (non-hydrogen) atoms. The Balaban J connectivity index is 1.52. The highest BCUT2D eigenvalue weighted by atomic mass is 16.6. The van der Waals surface area contributed by atoms with Crippen molar-refractivity contribution in [2.45, 2.75) is 19.8 Å². The van der Waals surface area contributed by atoms with E-state index in [9.17, 15) is 14.4 Å². The molecule has 0 spiro atoms. The Morgan fingerprint density at radius 3 is 2.45 bits per heavy atom. The van der Waals surface area contributed by atoms with Gasteiger partial charge in [0.1, 0.15) is 0 Å². The van der Waals surface area contributed by atoms with Gasteiger partial charge in [-0.25, -0.2) is 9.79 Å². The zero-order valence-corrected chi connectivity index (χ0v) is 15.8. The molecule has 1 saturated heterocycles. The molecule has 1 fully saturated rings. The summed E-state index contributed by atoms with van der Waals surface area (Å²) >= 11 is 0. The minimum Gasteiger partial charge on any atom is -0.402 e. The number of carbonyl (C=O) groups excluding carboxylic acids is 3. The van der Waals surface area contributed by atoms with E-state index in [0.717, 1.165) is 24.2 Å². The quantitative estimate of drug-likeness (QED) is 0.643. The number of cyclic esters (lactones) is 1. The number of nitrogens with one attached hydrogen (secondary N) is 1. The topological polar surface area (TPSA) is 88.1 Å². The van der Waals surface area contributed by atoms with Crippen LogP contribution in [0.25, 0.3) is 6.08 Å². The predicted octanol–water partition coefficient (Wildman–Crippen LogP) is 3.12. The molecule has 146 valence electrons. The number of aliphatic imine (C=N–C) groups is 1. The molecule has 2 amide bonds. The molecule has 0 aliphatic carbocycles. The molecule has 0 atom stereocenters. The summed E-state index contributed by atoms with van der Waals surface area (Å²) in [5, 5.41) is 2.69. The van der Waals surface area contributed by atoms with Crippen molar-refractivity contribution in [3.05, 3.63) is 65.4 Å². The summed E-state index contributed by atoms with van der Waals surface area (Å²) < 4.78 is 5.30. The van der Waals surface area contributed by atoms with Gasteiger partial charge in [-0.2, -0.15) is 0 Å². The van der Waals surface area contributed by atoms with E-state index in [4.69, 9.17) is 4.74 Å². The maximum absolute atomic E-state index is 12.2. The van der Waals surface area contributed by atoms with Gasteiger partial charge in [-0.15, -0.1) is 0 Å². The van der Waals surface area contributed by atoms with Crippen molar-refractivity contribution in [1.82, 2.24) is 0 Å². The van der Waals surface area contributed by atoms with Gasteiger partial charge in [0.25, 0.3) is 0 Å². The molecule has 7 heteroatoms. The summed E-state index contributed by atoms with van der Waals surface area (Å²) in [6.07, 6.45) is 3.07. The van der Waals surface area contributed by atoms with Gasteiger partial charge in [0.15, 0.2) is 5.70 Å². The van der Waals surface area contributed by atoms with E-state index in [1.807, 2.05) is 12.1 Å². The minimum absolute atomic E-state index is 0.122. The lowest BCUT2D eigenvalue weighted by Crippen LogP contribution is -2.23. The van der Waals surface area contributed by atoms with Crippen LogP contribution in [0.4, 0.5) is 11.4 Å². The number of amides is 2. The van der Waals surface area contributed by atoms with Gasteiger partial charge in [-0.3, -0.25) is 9.59 Å². The second kappa shape index (κ2) is 7.71. The Morgan fingerprint density at radius 1 is 1.10 bits per heavy atom. The van der Waals surface area contributed by atoms with Gasteiger partial charge < -0.3 is 15.0 Å². The molecule has 1 N–H and O–H groups in total. The van der Waals surface area contributed by atoms with E-state index in [1.165, 1.54) is 6.92 Å². The van der Waals surface area contributed by atoms with Crippen LogP contribution < -0.4 is 10.2 Å². The summed E-state index contributed by atoms with van der Waals surface area (Å²) in [5.41, 5.74) is 3.13. The first-order valence-electron chi connectivity index (χ1n) is 9.30. The van der Waals surface area contributed by atoms with E-state index < -0.39 is 5.97 Å². The van der Waals surface area contributed by atoms with Gasteiger partial charge in [-0.1, -0.05) is 12.1 Å². The lowest BCUT2D eigenvalue weighted by molar-refractivity contribution is -0.130. The number of hydrogen-bond acceptors (Lipinski definition) is 5. The molecule has 2 heterocycles. The summed E-state index contributed by atoms with van der Waals surface area (Å²) in [5.74, 6) is -0.317. The molecule has 0 bridgehead atoms. The third-order valence-electron chi connectivity index (χ3n) is 4.65. The van der Waals surface area contributed by atoms with Crippen molar-refractivity contribution in [1.29, 1.82) is 0 Å². The molecular weight excluding hydrogens is 370 g/mol. The van der Waals surface area contributed by atoms with Gasteiger partial charge in [0.2, 0.25) is 17.7 Å². The summed E-state index contributed by atoms with van der Waals surface area (Å²) in [7, 11) is 0. The van der Waals surface area contributed by atoms with Crippen molar-refractivity contribution in [2.24, 2.45) is 4.99 Å². The van der Waals surface area contributed by atoms with E-state index in [0.29, 0.717) is 17.7 Å². The van der Waals surface area contributed by atoms with Crippen molar-refractivity contribution in [2.75, 3.05) is 16.8 Å². The zero-order chi connectivity index (χ0) is 20.4. The molecule has 0 saturated carbocycles. The number of nitrogens with zero attached hydrogens (tertiary/aromatic N) is 2. The van der Waals surface area contributed by atoms with Crippen molar-refractivity contribution >= 4 is 41.1 Å². The highest BCUT2D eigenvalue weighted by molar-refractivity contribution is 6.13. The van der Waals surface area contributed by atoms with Gasteiger partial charge in [-0.05, 0) is 54.5 Å². The van der Waals surface area contributed by atoms with Crippen LogP contribution in [0.15, 0.2) is 59.2 Å². The highest BCUT2D eigenvalue weighted by Gasteiger charge is 2.25. The second-order valence-electron chi connectivity index (χ2n) is 6.84. The maximum atomic E-state index is 12.2. The lowest BCUT2D eigenvalue weighted by atomic mass is 10.1. The van der Waals surface area contributed by atoms with Crippen LogP contribution >= 0.6 is 0 Å². The Kier molecular flexibility index (Phi) is 4.95. The summed E-state index contributed by atoms with van der Waals surface area (Å²) in [4.78, 5) is 41.2. The SMILES string of the molecule is CC(=O)Nc1ccc(/C=C2\N=C(c3ccc(N4CCCC4=O)cc3)OC2=O)cc1. The average molecular weight is 389 g/mol. The smallest absolute Gasteiger partial charge is 0.363 e. The van der Waals surface area contributed by atoms with Crippen molar-refractivity contribution in [3.8, 4) is 0 Å². The standard InChI is InChI=1S/C22H19N3O4/c1-14(26)23-17-8-4-15(5-9-17)13-19-22(28)29-21(24-19)16-6-10-18(11-7-16)25-12-2-3-20(25)27/h4-11,13H,2-3,12H2,1H3,(H,23,26)/b19-13-. The zero-order valence-electron chi connectivity index (χ0n) is 15.8. The van der Waals surface area contributed by atoms with Crippen LogP contribution in [0.2, 0.25) is 0 Å². The fourth-order valence-corrected chi connectivity index (χ4v) is 3.26. The maximum Gasteiger partial charge on any atom is 0.363 e. The van der Waals surface area contributed by atoms with E-state index in [-0.39, 0.29) is 23.4 Å². The first-order valence-corrected chi connectivity index (χ1v) is 9.30. The largest absolute Gasteiger partial charge is 0.402 e. The van der Waals surface area contributed by atoms with E-state index in [1.54, 1.807) is 47.4 Å². The van der Waals surface area contributed by atoms with Gasteiger partial charge in [0, 0.05) is 36.8 Å². The lowest BCUT2D eigenvalue weighted by Gasteiger charge is -2.15.